The van der Waals surface area contributed by atoms with Crippen LogP contribution >= 0.6 is 11.8 Å². The number of hydrogen-bond acceptors (Lipinski definition) is 5. The van der Waals surface area contributed by atoms with E-state index >= 15 is 0 Å². The van der Waals surface area contributed by atoms with Gasteiger partial charge in [0.2, 0.25) is 5.95 Å². The lowest BCUT2D eigenvalue weighted by Crippen LogP contribution is -2.16. The summed E-state index contributed by atoms with van der Waals surface area (Å²) in [5.41, 5.74) is 2.39. The number of benzene rings is 1. The molecule has 0 saturated heterocycles. The molecule has 0 fully saturated rings. The number of fused-ring (bicyclic) bond motifs is 1. The van der Waals surface area contributed by atoms with Crippen molar-refractivity contribution < 1.29 is 4.74 Å². The number of aromatic amines is 1. The van der Waals surface area contributed by atoms with E-state index in [9.17, 15) is 4.79 Å². The summed E-state index contributed by atoms with van der Waals surface area (Å²) >= 11 is 1.71. The molecule has 0 amide bonds. The quantitative estimate of drug-likeness (QED) is 0.908. The van der Waals surface area contributed by atoms with Gasteiger partial charge in [-0.1, -0.05) is 12.1 Å². The van der Waals surface area contributed by atoms with Crippen molar-refractivity contribution in [2.24, 2.45) is 0 Å². The molecule has 2 aromatic rings. The molecule has 21 heavy (non-hydrogen) atoms. The Labute approximate surface area is 127 Å². The number of ether oxygens (including phenoxy) is 1. The normalized spacial score (nSPS) is 13.3. The molecule has 1 aliphatic rings. The van der Waals surface area contributed by atoms with Crippen molar-refractivity contribution in [3.8, 4) is 5.75 Å². The number of thioether (sulfide) groups is 1. The maximum Gasteiger partial charge on any atom is 0.256 e. The molecule has 0 spiro atoms. The van der Waals surface area contributed by atoms with Crippen LogP contribution in [0.5, 0.6) is 5.75 Å². The zero-order valence-electron chi connectivity index (χ0n) is 12.0. The molecule has 2 heterocycles. The third kappa shape index (κ3) is 3.05. The van der Waals surface area contributed by atoms with E-state index in [0.29, 0.717) is 5.95 Å². The minimum absolute atomic E-state index is 0.0604. The smallest absolute Gasteiger partial charge is 0.256 e. The number of rotatable bonds is 4. The van der Waals surface area contributed by atoms with Crippen molar-refractivity contribution >= 4 is 23.4 Å². The van der Waals surface area contributed by atoms with Crippen molar-refractivity contribution in [1.29, 1.82) is 0 Å². The number of nitrogens with one attached hydrogen (secondary N) is 2. The summed E-state index contributed by atoms with van der Waals surface area (Å²) in [4.78, 5) is 19.3. The van der Waals surface area contributed by atoms with Crippen LogP contribution < -0.4 is 15.6 Å². The zero-order valence-corrected chi connectivity index (χ0v) is 12.8. The second kappa shape index (κ2) is 5.81. The SMILES string of the molecule is CC(C)Oc1ccccc1Nc1nc2c(c(=O)[nH]1)CSC2. The van der Waals surface area contributed by atoms with E-state index in [2.05, 4.69) is 15.3 Å². The highest BCUT2D eigenvalue weighted by Crippen LogP contribution is 2.29. The maximum absolute atomic E-state index is 12.0. The largest absolute Gasteiger partial charge is 0.489 e. The Hall–Kier alpha value is -1.95. The minimum Gasteiger partial charge on any atom is -0.489 e. The van der Waals surface area contributed by atoms with Crippen molar-refractivity contribution in [3.05, 3.63) is 45.9 Å². The first-order chi connectivity index (χ1) is 10.1. The van der Waals surface area contributed by atoms with Gasteiger partial charge in [0.05, 0.1) is 17.5 Å². The van der Waals surface area contributed by atoms with Gasteiger partial charge in [0, 0.05) is 17.1 Å². The summed E-state index contributed by atoms with van der Waals surface area (Å²) in [6, 6.07) is 7.62. The number of H-pyrrole nitrogens is 1. The second-order valence-corrected chi connectivity index (χ2v) is 6.11. The van der Waals surface area contributed by atoms with Crippen LogP contribution in [-0.4, -0.2) is 16.1 Å². The third-order valence-electron chi connectivity index (χ3n) is 3.09. The Morgan fingerprint density at radius 3 is 2.95 bits per heavy atom. The van der Waals surface area contributed by atoms with Crippen LogP contribution in [0.2, 0.25) is 0 Å². The fourth-order valence-electron chi connectivity index (χ4n) is 2.18. The van der Waals surface area contributed by atoms with Gasteiger partial charge in [-0.05, 0) is 26.0 Å². The van der Waals surface area contributed by atoms with Crippen molar-refractivity contribution in [2.75, 3.05) is 5.32 Å². The summed E-state index contributed by atoms with van der Waals surface area (Å²) in [6.07, 6.45) is 0.0800. The van der Waals surface area contributed by atoms with Crippen LogP contribution in [0.15, 0.2) is 29.1 Å². The van der Waals surface area contributed by atoms with E-state index in [1.807, 2.05) is 38.1 Å². The summed E-state index contributed by atoms with van der Waals surface area (Å²) in [5.74, 6) is 2.73. The van der Waals surface area contributed by atoms with Gasteiger partial charge in [0.25, 0.3) is 5.56 Å². The summed E-state index contributed by atoms with van der Waals surface area (Å²) in [5, 5.41) is 3.15. The van der Waals surface area contributed by atoms with Gasteiger partial charge in [-0.15, -0.1) is 0 Å². The molecule has 6 heteroatoms. The molecule has 0 radical (unpaired) electrons. The van der Waals surface area contributed by atoms with Gasteiger partial charge in [-0.25, -0.2) is 4.98 Å². The van der Waals surface area contributed by atoms with Crippen LogP contribution in [0.25, 0.3) is 0 Å². The molecule has 1 aliphatic heterocycles. The van der Waals surface area contributed by atoms with Crippen LogP contribution in [0.3, 0.4) is 0 Å². The van der Waals surface area contributed by atoms with Gasteiger partial charge in [-0.3, -0.25) is 9.78 Å². The number of anilines is 2. The molecular formula is C15H17N3O2S. The molecule has 0 saturated carbocycles. The molecule has 0 aliphatic carbocycles. The Morgan fingerprint density at radius 2 is 2.14 bits per heavy atom. The number of nitrogens with zero attached hydrogens (tertiary/aromatic N) is 1. The molecule has 110 valence electrons. The topological polar surface area (TPSA) is 67.0 Å². The van der Waals surface area contributed by atoms with E-state index < -0.39 is 0 Å². The van der Waals surface area contributed by atoms with Crippen molar-refractivity contribution in [3.63, 3.8) is 0 Å². The fraction of sp³-hybridized carbons (Fsp3) is 0.333. The van der Waals surface area contributed by atoms with E-state index in [0.717, 1.165) is 34.2 Å². The average molecular weight is 303 g/mol. The molecule has 1 aromatic heterocycles. The van der Waals surface area contributed by atoms with Crippen LogP contribution in [0, 0.1) is 0 Å². The predicted molar refractivity (Wildman–Crippen MR) is 85.3 cm³/mol. The third-order valence-corrected chi connectivity index (χ3v) is 4.06. The first kappa shape index (κ1) is 14.0. The highest BCUT2D eigenvalue weighted by Gasteiger charge is 2.18. The molecule has 5 nitrogen and oxygen atoms in total. The molecule has 2 N–H and O–H groups in total. The lowest BCUT2D eigenvalue weighted by Gasteiger charge is -2.15. The predicted octanol–water partition coefficient (Wildman–Crippen LogP) is 3.05. The van der Waals surface area contributed by atoms with Gasteiger partial charge >= 0.3 is 0 Å². The van der Waals surface area contributed by atoms with Crippen molar-refractivity contribution in [1.82, 2.24) is 9.97 Å². The summed E-state index contributed by atoms with van der Waals surface area (Å²) in [7, 11) is 0. The standard InChI is InChI=1S/C15H17N3O2S/c1-9(2)20-13-6-4-3-5-11(13)16-15-17-12-8-21-7-10(12)14(19)18-15/h3-6,9H,7-8H2,1-2H3,(H2,16,17,18,19). The zero-order chi connectivity index (χ0) is 14.8. The molecule has 0 bridgehead atoms. The summed E-state index contributed by atoms with van der Waals surface area (Å²) in [6.45, 7) is 3.95. The van der Waals surface area contributed by atoms with Crippen molar-refractivity contribution in [2.45, 2.75) is 31.5 Å². The van der Waals surface area contributed by atoms with Crippen LogP contribution in [0.4, 0.5) is 11.6 Å². The second-order valence-electron chi connectivity index (χ2n) is 5.12. The highest BCUT2D eigenvalue weighted by molar-refractivity contribution is 7.98. The Morgan fingerprint density at radius 1 is 1.33 bits per heavy atom. The van der Waals surface area contributed by atoms with E-state index in [1.165, 1.54) is 0 Å². The first-order valence-electron chi connectivity index (χ1n) is 6.86. The van der Waals surface area contributed by atoms with Gasteiger partial charge in [0.1, 0.15) is 5.75 Å². The molecular weight excluding hydrogens is 286 g/mol. The highest BCUT2D eigenvalue weighted by atomic mass is 32.2. The van der Waals surface area contributed by atoms with Crippen LogP contribution in [-0.2, 0) is 11.5 Å². The Bertz CT molecular complexity index is 712. The molecule has 1 aromatic carbocycles. The van der Waals surface area contributed by atoms with Gasteiger partial charge in [0.15, 0.2) is 0 Å². The number of aromatic nitrogens is 2. The average Bonchev–Trinajstić information content (AvgIpc) is 2.89. The maximum atomic E-state index is 12.0. The minimum atomic E-state index is -0.0604. The van der Waals surface area contributed by atoms with Gasteiger partial charge in [-0.2, -0.15) is 11.8 Å². The molecule has 0 unspecified atom stereocenters. The Balaban J connectivity index is 1.91. The number of hydrogen-bond donors (Lipinski definition) is 2. The lowest BCUT2D eigenvalue weighted by molar-refractivity contribution is 0.244. The van der Waals surface area contributed by atoms with E-state index in [-0.39, 0.29) is 11.7 Å². The summed E-state index contributed by atoms with van der Waals surface area (Å²) < 4.78 is 5.75. The van der Waals surface area contributed by atoms with E-state index in [1.54, 1.807) is 11.8 Å². The first-order valence-corrected chi connectivity index (χ1v) is 8.01. The van der Waals surface area contributed by atoms with Crippen LogP contribution in [0.1, 0.15) is 25.1 Å². The molecule has 0 atom stereocenters. The number of para-hydroxylation sites is 2. The van der Waals surface area contributed by atoms with E-state index in [4.69, 9.17) is 4.74 Å². The van der Waals surface area contributed by atoms with Gasteiger partial charge < -0.3 is 10.1 Å². The lowest BCUT2D eigenvalue weighted by atomic mass is 10.2. The Kier molecular flexibility index (Phi) is 3.88. The fourth-order valence-corrected chi connectivity index (χ4v) is 3.21. The monoisotopic (exact) mass is 303 g/mol. The molecule has 3 rings (SSSR count).